The number of carbonyl (C=O) groups excluding carboxylic acids is 2. The van der Waals surface area contributed by atoms with Gasteiger partial charge >= 0.3 is 0 Å². The van der Waals surface area contributed by atoms with Crippen LogP contribution >= 0.6 is 0 Å². The summed E-state index contributed by atoms with van der Waals surface area (Å²) >= 11 is 0. The van der Waals surface area contributed by atoms with E-state index < -0.39 is 0 Å². The molecule has 4 aromatic rings. The van der Waals surface area contributed by atoms with E-state index in [0.717, 1.165) is 16.9 Å². The Balaban J connectivity index is 1.33. The fourth-order valence-electron chi connectivity index (χ4n) is 4.49. The quantitative estimate of drug-likeness (QED) is 0.494. The average Bonchev–Trinajstić information content (AvgIpc) is 3.53. The van der Waals surface area contributed by atoms with Crippen LogP contribution in [0.3, 0.4) is 0 Å². The van der Waals surface area contributed by atoms with E-state index in [1.807, 2.05) is 48.7 Å². The summed E-state index contributed by atoms with van der Waals surface area (Å²) < 4.78 is 18.6. The van der Waals surface area contributed by atoms with Crippen molar-refractivity contribution in [1.82, 2.24) is 4.57 Å². The zero-order chi connectivity index (χ0) is 22.4. The zero-order valence-corrected chi connectivity index (χ0v) is 17.6. The van der Waals surface area contributed by atoms with Gasteiger partial charge < -0.3 is 23.8 Å². The molecule has 0 fully saturated rings. The number of carbonyl (C=O) groups is 2. The Morgan fingerprint density at radius 3 is 2.52 bits per heavy atom. The maximum Gasteiger partial charge on any atom is 0.291 e. The number of hydrogen-bond donors (Lipinski definition) is 1. The van der Waals surface area contributed by atoms with Crippen LogP contribution in [0.25, 0.3) is 5.69 Å². The number of nitrogens with zero attached hydrogens (tertiary/aromatic N) is 1. The van der Waals surface area contributed by atoms with E-state index in [0.29, 0.717) is 42.4 Å². The number of aromatic nitrogens is 1. The van der Waals surface area contributed by atoms with Crippen LogP contribution in [0, 0.1) is 0 Å². The molecular weight excluding hydrogens is 420 g/mol. The lowest BCUT2D eigenvalue weighted by atomic mass is 9.90. The summed E-state index contributed by atoms with van der Waals surface area (Å²) in [5.74, 6) is 1.12. The highest BCUT2D eigenvalue weighted by Gasteiger charge is 2.30. The maximum absolute atomic E-state index is 13.3. The molecule has 1 unspecified atom stereocenters. The minimum absolute atomic E-state index is 0.0471. The van der Waals surface area contributed by atoms with E-state index in [1.54, 1.807) is 18.2 Å². The van der Waals surface area contributed by atoms with Crippen LogP contribution in [0.1, 0.15) is 44.5 Å². The van der Waals surface area contributed by atoms with Crippen LogP contribution in [0.2, 0.25) is 0 Å². The van der Waals surface area contributed by atoms with Crippen LogP contribution in [0.4, 0.5) is 5.69 Å². The highest BCUT2D eigenvalue weighted by molar-refractivity contribution is 6.02. The molecule has 0 spiro atoms. The molecule has 4 heterocycles. The average molecular weight is 440 g/mol. The molecule has 2 aromatic heterocycles. The molecule has 0 saturated heterocycles. The molecule has 2 aromatic carbocycles. The van der Waals surface area contributed by atoms with E-state index in [4.69, 9.17) is 13.9 Å². The van der Waals surface area contributed by atoms with Crippen molar-refractivity contribution in [2.75, 3.05) is 18.5 Å². The number of fused-ring (bicyclic) bond motifs is 4. The monoisotopic (exact) mass is 440 g/mol. The van der Waals surface area contributed by atoms with Crippen LogP contribution in [0.5, 0.6) is 11.5 Å². The van der Waals surface area contributed by atoms with Crippen molar-refractivity contribution in [3.8, 4) is 17.2 Å². The van der Waals surface area contributed by atoms with Crippen molar-refractivity contribution in [1.29, 1.82) is 0 Å². The molecule has 6 rings (SSSR count). The van der Waals surface area contributed by atoms with Crippen LogP contribution < -0.4 is 14.8 Å². The lowest BCUT2D eigenvalue weighted by molar-refractivity contribution is 0.0975. The lowest BCUT2D eigenvalue weighted by Gasteiger charge is -2.21. The van der Waals surface area contributed by atoms with E-state index >= 15 is 0 Å². The van der Waals surface area contributed by atoms with Crippen molar-refractivity contribution in [2.45, 2.75) is 12.3 Å². The summed E-state index contributed by atoms with van der Waals surface area (Å²) in [6.45, 7) is 0.962. The van der Waals surface area contributed by atoms with Crippen molar-refractivity contribution in [3.63, 3.8) is 0 Å². The first-order chi connectivity index (χ1) is 16.2. The number of amides is 1. The van der Waals surface area contributed by atoms with Gasteiger partial charge in [0.1, 0.15) is 13.2 Å². The maximum atomic E-state index is 13.3. The summed E-state index contributed by atoms with van der Waals surface area (Å²) in [5.41, 5.74) is 4.09. The van der Waals surface area contributed by atoms with Crippen molar-refractivity contribution >= 4 is 17.4 Å². The fraction of sp³-hybridized carbons (Fsp3) is 0.154. The first-order valence-electron chi connectivity index (χ1n) is 10.8. The van der Waals surface area contributed by atoms with Gasteiger partial charge in [-0.1, -0.05) is 12.1 Å². The largest absolute Gasteiger partial charge is 0.486 e. The second-order valence-electron chi connectivity index (χ2n) is 8.05. The van der Waals surface area contributed by atoms with E-state index in [1.165, 1.54) is 6.26 Å². The highest BCUT2D eigenvalue weighted by atomic mass is 16.6. The van der Waals surface area contributed by atoms with E-state index in [2.05, 4.69) is 9.88 Å². The summed E-state index contributed by atoms with van der Waals surface area (Å²) in [7, 11) is 0. The first-order valence-corrected chi connectivity index (χ1v) is 10.8. The number of Topliss-reactive ketones (excluding diaryl/α,β-unsaturated/α-hetero) is 1. The molecule has 0 aliphatic carbocycles. The summed E-state index contributed by atoms with van der Waals surface area (Å²) in [6, 6.07) is 18.6. The van der Waals surface area contributed by atoms with Crippen LogP contribution in [0.15, 0.2) is 77.5 Å². The molecular formula is C26H20N2O5. The second-order valence-corrected chi connectivity index (χ2v) is 8.05. The van der Waals surface area contributed by atoms with Crippen molar-refractivity contribution in [3.05, 3.63) is 95.7 Å². The Morgan fingerprint density at radius 2 is 1.76 bits per heavy atom. The Kier molecular flexibility index (Phi) is 4.54. The molecule has 33 heavy (non-hydrogen) atoms. The summed E-state index contributed by atoms with van der Waals surface area (Å²) in [4.78, 5) is 25.5. The van der Waals surface area contributed by atoms with Gasteiger partial charge in [0.15, 0.2) is 23.0 Å². The minimum Gasteiger partial charge on any atom is -0.486 e. The van der Waals surface area contributed by atoms with Gasteiger partial charge in [0.2, 0.25) is 0 Å². The number of anilines is 1. The molecule has 0 radical (unpaired) electrons. The highest BCUT2D eigenvalue weighted by Crippen LogP contribution is 2.41. The number of ketones is 1. The van der Waals surface area contributed by atoms with Gasteiger partial charge in [0.25, 0.3) is 5.91 Å². The fourth-order valence-corrected chi connectivity index (χ4v) is 4.49. The predicted molar refractivity (Wildman–Crippen MR) is 121 cm³/mol. The molecule has 0 bridgehead atoms. The molecule has 1 amide bonds. The first kappa shape index (κ1) is 19.4. The third-order valence-corrected chi connectivity index (χ3v) is 6.06. The van der Waals surface area contributed by atoms with Gasteiger partial charge in [-0.25, -0.2) is 0 Å². The number of nitrogens with one attached hydrogen (secondary N) is 1. The number of rotatable bonds is 3. The van der Waals surface area contributed by atoms with Gasteiger partial charge in [-0.05, 0) is 48.0 Å². The zero-order valence-electron chi connectivity index (χ0n) is 17.6. The molecule has 2 aliphatic heterocycles. The topological polar surface area (TPSA) is 82.7 Å². The van der Waals surface area contributed by atoms with Gasteiger partial charge in [-0.3, -0.25) is 9.59 Å². The molecule has 1 atom stereocenters. The van der Waals surface area contributed by atoms with Gasteiger partial charge in [0.05, 0.1) is 12.0 Å². The molecule has 1 N–H and O–H groups in total. The molecule has 7 nitrogen and oxygen atoms in total. The van der Waals surface area contributed by atoms with Gasteiger partial charge in [-0.15, -0.1) is 0 Å². The van der Waals surface area contributed by atoms with E-state index in [9.17, 15) is 9.59 Å². The van der Waals surface area contributed by atoms with Crippen molar-refractivity contribution in [2.24, 2.45) is 0 Å². The standard InChI is InChI=1S/C26H20N2O5/c29-22-13-18(16-5-7-17(8-6-16)27-26(30)23-4-2-10-31-23)20-3-1-9-28(20)21-15-25-24(14-19(21)22)32-11-12-33-25/h1-10,14-15,18H,11-13H2,(H,27,30). The molecule has 2 aliphatic rings. The Hall–Kier alpha value is -4.26. The molecule has 0 saturated carbocycles. The third kappa shape index (κ3) is 3.38. The van der Waals surface area contributed by atoms with Gasteiger partial charge in [0, 0.05) is 41.5 Å². The second kappa shape index (κ2) is 7.70. The van der Waals surface area contributed by atoms with Crippen LogP contribution in [-0.4, -0.2) is 29.5 Å². The number of ether oxygens (including phenoxy) is 2. The van der Waals surface area contributed by atoms with Crippen molar-refractivity contribution < 1.29 is 23.5 Å². The summed E-state index contributed by atoms with van der Waals surface area (Å²) in [5, 5.41) is 2.82. The Labute approximate surface area is 189 Å². The van der Waals surface area contributed by atoms with Crippen LogP contribution in [-0.2, 0) is 0 Å². The minimum atomic E-state index is -0.310. The SMILES string of the molecule is O=C(Nc1ccc(C2CC(=O)c3cc4c(cc3-n3cccc32)OCCO4)cc1)c1ccco1. The molecule has 164 valence electrons. The number of furan rings is 1. The lowest BCUT2D eigenvalue weighted by Crippen LogP contribution is -2.16. The Bertz CT molecular complexity index is 1350. The van der Waals surface area contributed by atoms with E-state index in [-0.39, 0.29) is 23.4 Å². The summed E-state index contributed by atoms with van der Waals surface area (Å²) in [6.07, 6.45) is 3.76. The predicted octanol–water partition coefficient (Wildman–Crippen LogP) is 4.81. The normalized spacial score (nSPS) is 16.5. The molecule has 7 heteroatoms. The number of hydrogen-bond acceptors (Lipinski definition) is 5. The third-order valence-electron chi connectivity index (χ3n) is 6.06. The Morgan fingerprint density at radius 1 is 0.970 bits per heavy atom. The number of benzene rings is 2. The van der Waals surface area contributed by atoms with Gasteiger partial charge in [-0.2, -0.15) is 0 Å². The smallest absolute Gasteiger partial charge is 0.291 e.